The minimum absolute atomic E-state index is 0.0291. The molecule has 0 aliphatic heterocycles. The molecule has 112 valence electrons. The zero-order valence-electron chi connectivity index (χ0n) is 12.7. The quantitative estimate of drug-likeness (QED) is 0.851. The van der Waals surface area contributed by atoms with Crippen molar-refractivity contribution >= 4 is 22.9 Å². The summed E-state index contributed by atoms with van der Waals surface area (Å²) in [6.07, 6.45) is 0.398. The number of likely N-dealkylation sites (N-methyl/N-ethyl adjacent to an activating group) is 1. The van der Waals surface area contributed by atoms with E-state index in [1.54, 1.807) is 18.4 Å². The summed E-state index contributed by atoms with van der Waals surface area (Å²) in [7, 11) is 1.67. The number of thiophene rings is 1. The summed E-state index contributed by atoms with van der Waals surface area (Å²) in [6.45, 7) is 4.41. The number of carbonyl (C=O) groups excluding carboxylic acids is 1. The summed E-state index contributed by atoms with van der Waals surface area (Å²) < 4.78 is 0. The molecule has 0 spiro atoms. The molecule has 0 aliphatic rings. The first kappa shape index (κ1) is 15.6. The van der Waals surface area contributed by atoms with Crippen molar-refractivity contribution in [3.8, 4) is 0 Å². The average molecular weight is 302 g/mol. The van der Waals surface area contributed by atoms with Crippen LogP contribution in [-0.2, 0) is 11.2 Å². The van der Waals surface area contributed by atoms with Gasteiger partial charge in [-0.15, -0.1) is 11.3 Å². The van der Waals surface area contributed by atoms with E-state index in [2.05, 4.69) is 42.0 Å². The van der Waals surface area contributed by atoms with Crippen LogP contribution < -0.4 is 10.6 Å². The number of benzene rings is 1. The van der Waals surface area contributed by atoms with Crippen molar-refractivity contribution in [2.75, 3.05) is 12.4 Å². The highest BCUT2D eigenvalue weighted by atomic mass is 32.1. The summed E-state index contributed by atoms with van der Waals surface area (Å²) in [5, 5.41) is 8.39. The van der Waals surface area contributed by atoms with Crippen LogP contribution in [0.25, 0.3) is 0 Å². The highest BCUT2D eigenvalue weighted by molar-refractivity contribution is 7.10. The smallest absolute Gasteiger partial charge is 0.224 e. The van der Waals surface area contributed by atoms with Gasteiger partial charge >= 0.3 is 0 Å². The molecule has 1 aromatic heterocycles. The first-order valence-corrected chi connectivity index (χ1v) is 8.08. The van der Waals surface area contributed by atoms with Crippen LogP contribution in [0.4, 0.5) is 5.69 Å². The van der Waals surface area contributed by atoms with Gasteiger partial charge in [0.15, 0.2) is 0 Å². The minimum atomic E-state index is 0.0291. The molecule has 1 heterocycles. The van der Waals surface area contributed by atoms with E-state index < -0.39 is 0 Å². The van der Waals surface area contributed by atoms with Gasteiger partial charge in [0, 0.05) is 17.6 Å². The summed E-state index contributed by atoms with van der Waals surface area (Å²) >= 11 is 1.76. The Hall–Kier alpha value is -1.81. The van der Waals surface area contributed by atoms with Crippen molar-refractivity contribution in [3.05, 3.63) is 52.2 Å². The Bertz CT molecular complexity index is 578. The van der Waals surface area contributed by atoms with E-state index in [1.807, 2.05) is 24.3 Å². The number of rotatable bonds is 6. The molecular weight excluding hydrogens is 280 g/mol. The van der Waals surface area contributed by atoms with E-state index in [-0.39, 0.29) is 11.9 Å². The third kappa shape index (κ3) is 4.08. The molecule has 2 rings (SSSR count). The second-order valence-electron chi connectivity index (χ2n) is 5.39. The molecule has 0 fully saturated rings. The van der Waals surface area contributed by atoms with Gasteiger partial charge in [0.25, 0.3) is 0 Å². The largest absolute Gasteiger partial charge is 0.377 e. The van der Waals surface area contributed by atoms with Crippen molar-refractivity contribution in [1.82, 2.24) is 5.32 Å². The maximum Gasteiger partial charge on any atom is 0.224 e. The molecule has 3 nitrogen and oxygen atoms in total. The molecule has 0 saturated heterocycles. The molecule has 1 atom stereocenters. The fourth-order valence-electron chi connectivity index (χ4n) is 2.28. The normalized spacial score (nSPS) is 12.2. The van der Waals surface area contributed by atoms with Gasteiger partial charge in [-0.05, 0) is 29.0 Å². The molecule has 1 amide bonds. The predicted molar refractivity (Wildman–Crippen MR) is 89.7 cm³/mol. The van der Waals surface area contributed by atoms with Gasteiger partial charge in [0.2, 0.25) is 5.91 Å². The minimum Gasteiger partial charge on any atom is -0.377 e. The third-order valence-electron chi connectivity index (χ3n) is 3.47. The van der Waals surface area contributed by atoms with Gasteiger partial charge < -0.3 is 10.6 Å². The van der Waals surface area contributed by atoms with Crippen LogP contribution in [0.15, 0.2) is 41.8 Å². The zero-order valence-corrected chi connectivity index (χ0v) is 13.5. The van der Waals surface area contributed by atoms with E-state index in [9.17, 15) is 4.79 Å². The monoisotopic (exact) mass is 302 g/mol. The fourth-order valence-corrected chi connectivity index (χ4v) is 3.23. The lowest BCUT2D eigenvalue weighted by molar-refractivity contribution is -0.119. The topological polar surface area (TPSA) is 41.1 Å². The molecule has 2 aromatic rings. The Balaban J connectivity index is 2.23. The maximum absolute atomic E-state index is 11.6. The van der Waals surface area contributed by atoms with Crippen molar-refractivity contribution in [3.63, 3.8) is 0 Å². The van der Waals surface area contributed by atoms with Crippen LogP contribution in [0.1, 0.15) is 30.3 Å². The van der Waals surface area contributed by atoms with Gasteiger partial charge in [0.1, 0.15) is 0 Å². The Labute approximate surface area is 130 Å². The summed E-state index contributed by atoms with van der Waals surface area (Å²) in [6, 6.07) is 12.5. The molecule has 0 aliphatic carbocycles. The number of hydrogen-bond donors (Lipinski definition) is 2. The van der Waals surface area contributed by atoms with Gasteiger partial charge in [0.05, 0.1) is 12.5 Å². The summed E-state index contributed by atoms with van der Waals surface area (Å²) in [5.41, 5.74) is 2.06. The number of nitrogens with one attached hydrogen (secondary N) is 2. The van der Waals surface area contributed by atoms with E-state index in [4.69, 9.17) is 0 Å². The van der Waals surface area contributed by atoms with E-state index in [0.717, 1.165) is 11.3 Å². The number of para-hydroxylation sites is 1. The fraction of sp³-hybridized carbons (Fsp3) is 0.353. The summed E-state index contributed by atoms with van der Waals surface area (Å²) in [4.78, 5) is 13.0. The van der Waals surface area contributed by atoms with Crippen molar-refractivity contribution in [2.24, 2.45) is 5.92 Å². The number of amides is 1. The van der Waals surface area contributed by atoms with Gasteiger partial charge in [-0.3, -0.25) is 4.79 Å². The van der Waals surface area contributed by atoms with Crippen molar-refractivity contribution < 1.29 is 4.79 Å². The van der Waals surface area contributed by atoms with Crippen LogP contribution in [0.2, 0.25) is 0 Å². The van der Waals surface area contributed by atoms with Crippen LogP contribution in [-0.4, -0.2) is 13.0 Å². The standard InChI is InChI=1S/C17H22N2OS/c1-12(2)17(15-9-6-10-21-15)19-14-8-5-4-7-13(14)11-16(20)18-3/h4-10,12,17,19H,11H2,1-3H3,(H,18,20). The molecule has 0 radical (unpaired) electrons. The molecule has 0 saturated carbocycles. The Morgan fingerprint density at radius 3 is 2.57 bits per heavy atom. The number of carbonyl (C=O) groups is 1. The average Bonchev–Trinajstić information content (AvgIpc) is 2.99. The first-order valence-electron chi connectivity index (χ1n) is 7.20. The molecule has 4 heteroatoms. The Morgan fingerprint density at radius 1 is 1.19 bits per heavy atom. The SMILES string of the molecule is CNC(=O)Cc1ccccc1NC(c1cccs1)C(C)C. The van der Waals surface area contributed by atoms with Crippen LogP contribution >= 0.6 is 11.3 Å². The van der Waals surface area contributed by atoms with E-state index >= 15 is 0 Å². The lowest BCUT2D eigenvalue weighted by Gasteiger charge is -2.24. The lowest BCUT2D eigenvalue weighted by atomic mass is 10.0. The number of hydrogen-bond acceptors (Lipinski definition) is 3. The van der Waals surface area contributed by atoms with Crippen LogP contribution in [0.5, 0.6) is 0 Å². The lowest BCUT2D eigenvalue weighted by Crippen LogP contribution is -2.22. The maximum atomic E-state index is 11.6. The molecular formula is C17H22N2OS. The van der Waals surface area contributed by atoms with Gasteiger partial charge in [-0.2, -0.15) is 0 Å². The van der Waals surface area contributed by atoms with Crippen molar-refractivity contribution in [1.29, 1.82) is 0 Å². The molecule has 1 aromatic carbocycles. The van der Waals surface area contributed by atoms with Crippen LogP contribution in [0.3, 0.4) is 0 Å². The Morgan fingerprint density at radius 2 is 1.95 bits per heavy atom. The predicted octanol–water partition coefficient (Wildman–Crippen LogP) is 3.85. The molecule has 21 heavy (non-hydrogen) atoms. The Kier molecular flexibility index (Phi) is 5.39. The zero-order chi connectivity index (χ0) is 15.2. The van der Waals surface area contributed by atoms with Crippen molar-refractivity contribution in [2.45, 2.75) is 26.3 Å². The highest BCUT2D eigenvalue weighted by Gasteiger charge is 2.18. The molecule has 0 bridgehead atoms. The number of anilines is 1. The van der Waals surface area contributed by atoms with E-state index in [0.29, 0.717) is 12.3 Å². The highest BCUT2D eigenvalue weighted by Crippen LogP contribution is 2.31. The second-order valence-corrected chi connectivity index (χ2v) is 6.37. The van der Waals surface area contributed by atoms with Crippen LogP contribution in [0, 0.1) is 5.92 Å². The van der Waals surface area contributed by atoms with E-state index in [1.165, 1.54) is 4.88 Å². The molecule has 1 unspecified atom stereocenters. The van der Waals surface area contributed by atoms with Gasteiger partial charge in [-0.25, -0.2) is 0 Å². The second kappa shape index (κ2) is 7.27. The third-order valence-corrected chi connectivity index (χ3v) is 4.43. The first-order chi connectivity index (χ1) is 10.1. The molecule has 2 N–H and O–H groups in total. The van der Waals surface area contributed by atoms with Gasteiger partial charge in [-0.1, -0.05) is 38.1 Å². The summed E-state index contributed by atoms with van der Waals surface area (Å²) in [5.74, 6) is 0.498.